The minimum Gasteiger partial charge on any atom is -0.361 e. The second-order valence-corrected chi connectivity index (χ2v) is 13.8. The van der Waals surface area contributed by atoms with Gasteiger partial charge in [-0.2, -0.15) is 0 Å². The Bertz CT molecular complexity index is 889. The Morgan fingerprint density at radius 1 is 0.938 bits per heavy atom. The molecule has 176 valence electrons. The molecule has 3 heterocycles. The molecule has 2 aliphatic heterocycles. The third kappa shape index (κ3) is 5.89. The lowest BCUT2D eigenvalue weighted by atomic mass is 9.95. The highest BCUT2D eigenvalue weighted by atomic mass is 33.1. The molecule has 0 bridgehead atoms. The molecule has 32 heavy (non-hydrogen) atoms. The van der Waals surface area contributed by atoms with Crippen LogP contribution in [0.15, 0.2) is 24.3 Å². The Hall–Kier alpha value is -0.620. The highest BCUT2D eigenvalue weighted by molar-refractivity contribution is 8.76. The maximum absolute atomic E-state index is 2.71. The first-order chi connectivity index (χ1) is 15.4. The summed E-state index contributed by atoms with van der Waals surface area (Å²) in [6.45, 7) is 15.2. The first-order valence-electron chi connectivity index (χ1n) is 12.4. The van der Waals surface area contributed by atoms with Gasteiger partial charge in [0.15, 0.2) is 0 Å². The first-order valence-corrected chi connectivity index (χ1v) is 15.7. The van der Waals surface area contributed by atoms with Gasteiger partial charge in [0, 0.05) is 46.9 Å². The fourth-order valence-corrected chi connectivity index (χ4v) is 8.23. The van der Waals surface area contributed by atoms with E-state index in [-0.39, 0.29) is 0 Å². The van der Waals surface area contributed by atoms with Crippen LogP contribution in [0, 0.1) is 0 Å². The summed E-state index contributed by atoms with van der Waals surface area (Å²) in [6.07, 6.45) is 5.05. The fraction of sp³-hybridized carbons (Fsp3) is 0.630. The van der Waals surface area contributed by atoms with Gasteiger partial charge < -0.3 is 4.90 Å². The van der Waals surface area contributed by atoms with Gasteiger partial charge in [-0.3, -0.25) is 4.90 Å². The molecule has 5 heteroatoms. The molecule has 0 fully saturated rings. The average molecular weight is 489 g/mol. The van der Waals surface area contributed by atoms with E-state index >= 15 is 0 Å². The lowest BCUT2D eigenvalue weighted by Crippen LogP contribution is -2.37. The van der Waals surface area contributed by atoms with E-state index in [4.69, 9.17) is 0 Å². The third-order valence-corrected chi connectivity index (χ3v) is 10.8. The fourth-order valence-electron chi connectivity index (χ4n) is 4.79. The first kappa shape index (κ1) is 24.5. The van der Waals surface area contributed by atoms with E-state index in [0.717, 1.165) is 12.4 Å². The van der Waals surface area contributed by atoms with Gasteiger partial charge in [0.25, 0.3) is 0 Å². The van der Waals surface area contributed by atoms with Crippen molar-refractivity contribution >= 4 is 38.6 Å². The van der Waals surface area contributed by atoms with E-state index in [1.165, 1.54) is 55.8 Å². The number of nitrogens with zero attached hydrogens (tertiary/aromatic N) is 2. The van der Waals surface area contributed by atoms with Gasteiger partial charge in [-0.1, -0.05) is 61.4 Å². The highest BCUT2D eigenvalue weighted by Crippen LogP contribution is 2.35. The van der Waals surface area contributed by atoms with Crippen molar-refractivity contribution < 1.29 is 0 Å². The molecule has 2 aliphatic rings. The maximum Gasteiger partial charge on any atom is 0.0742 e. The van der Waals surface area contributed by atoms with E-state index < -0.39 is 0 Å². The summed E-state index contributed by atoms with van der Waals surface area (Å²) in [6, 6.07) is 10.3. The molecule has 2 nitrogen and oxygen atoms in total. The van der Waals surface area contributed by atoms with Crippen LogP contribution in [0.1, 0.15) is 85.7 Å². The van der Waals surface area contributed by atoms with Crippen LogP contribution in [-0.4, -0.2) is 35.7 Å². The average Bonchev–Trinajstić information content (AvgIpc) is 3.22. The number of rotatable bonds is 9. The molecule has 0 aliphatic carbocycles. The van der Waals surface area contributed by atoms with Crippen molar-refractivity contribution in [1.82, 2.24) is 4.90 Å². The molecule has 0 saturated carbocycles. The Balaban J connectivity index is 1.20. The molecular weight excluding hydrogens is 449 g/mol. The zero-order valence-electron chi connectivity index (χ0n) is 20.5. The minimum atomic E-state index is 0.617. The number of thiophene rings is 1. The summed E-state index contributed by atoms with van der Waals surface area (Å²) in [5, 5.41) is 0. The summed E-state index contributed by atoms with van der Waals surface area (Å²) in [4.78, 5) is 8.51. The van der Waals surface area contributed by atoms with Gasteiger partial charge in [0.2, 0.25) is 0 Å². The van der Waals surface area contributed by atoms with E-state index in [2.05, 4.69) is 90.8 Å². The SMILES string of the molecule is CC(C)c1ccc2c(c1)CCCN2CSSCCC(C)N1CCc2sc(C(C)C)cc2C1. The molecule has 2 aromatic rings. The van der Waals surface area contributed by atoms with Crippen LogP contribution in [0.2, 0.25) is 0 Å². The zero-order valence-corrected chi connectivity index (χ0v) is 23.0. The molecule has 0 spiro atoms. The lowest BCUT2D eigenvalue weighted by Gasteiger charge is -2.33. The van der Waals surface area contributed by atoms with Crippen LogP contribution >= 0.6 is 32.9 Å². The summed E-state index contributed by atoms with van der Waals surface area (Å²) in [7, 11) is 4.11. The van der Waals surface area contributed by atoms with Gasteiger partial charge in [0.05, 0.1) is 5.88 Å². The standard InChI is InChI=1S/C27H40N2S3/c1-19(2)22-8-9-25-23(15-22)7-6-12-29(25)18-31-30-14-11-21(5)28-13-10-26-24(17-28)16-27(32-26)20(3)4/h8-9,15-16,19-21H,6-7,10-14,17-18H2,1-5H3. The van der Waals surface area contributed by atoms with Crippen LogP contribution in [-0.2, 0) is 19.4 Å². The number of hydrogen-bond acceptors (Lipinski definition) is 5. The molecule has 0 saturated heterocycles. The second-order valence-electron chi connectivity index (χ2n) is 10.1. The Kier molecular flexibility index (Phi) is 8.58. The van der Waals surface area contributed by atoms with E-state index in [1.54, 1.807) is 20.9 Å². The smallest absolute Gasteiger partial charge is 0.0742 e. The quantitative estimate of drug-likeness (QED) is 0.261. The van der Waals surface area contributed by atoms with Crippen molar-refractivity contribution in [2.45, 2.75) is 84.7 Å². The van der Waals surface area contributed by atoms with Gasteiger partial charge in [-0.25, -0.2) is 0 Å². The molecule has 0 amide bonds. The van der Waals surface area contributed by atoms with Gasteiger partial charge in [-0.05, 0) is 73.3 Å². The predicted octanol–water partition coefficient (Wildman–Crippen LogP) is 7.92. The van der Waals surface area contributed by atoms with Gasteiger partial charge in [0.1, 0.15) is 0 Å². The number of aryl methyl sites for hydroxylation is 1. The van der Waals surface area contributed by atoms with Crippen molar-refractivity contribution in [1.29, 1.82) is 0 Å². The maximum atomic E-state index is 2.71. The van der Waals surface area contributed by atoms with Crippen molar-refractivity contribution in [2.24, 2.45) is 0 Å². The van der Waals surface area contributed by atoms with E-state index in [1.807, 2.05) is 10.8 Å². The lowest BCUT2D eigenvalue weighted by molar-refractivity contribution is 0.189. The zero-order chi connectivity index (χ0) is 22.7. The van der Waals surface area contributed by atoms with Crippen molar-refractivity contribution in [2.75, 3.05) is 29.6 Å². The normalized spacial score (nSPS) is 17.7. The molecule has 0 radical (unpaired) electrons. The number of benzene rings is 1. The van der Waals surface area contributed by atoms with Crippen molar-refractivity contribution in [3.8, 4) is 0 Å². The third-order valence-electron chi connectivity index (χ3n) is 7.00. The Morgan fingerprint density at radius 3 is 2.56 bits per heavy atom. The molecule has 4 rings (SSSR count). The van der Waals surface area contributed by atoms with Crippen molar-refractivity contribution in [3.05, 3.63) is 50.7 Å². The van der Waals surface area contributed by atoms with Gasteiger partial charge in [-0.15, -0.1) is 11.3 Å². The van der Waals surface area contributed by atoms with Crippen molar-refractivity contribution in [3.63, 3.8) is 0 Å². The van der Waals surface area contributed by atoms with Crippen LogP contribution in [0.5, 0.6) is 0 Å². The topological polar surface area (TPSA) is 6.48 Å². The Morgan fingerprint density at radius 2 is 1.78 bits per heavy atom. The molecule has 0 N–H and O–H groups in total. The summed E-state index contributed by atoms with van der Waals surface area (Å²) in [5.74, 6) is 3.62. The highest BCUT2D eigenvalue weighted by Gasteiger charge is 2.23. The number of hydrogen-bond donors (Lipinski definition) is 0. The van der Waals surface area contributed by atoms with Crippen LogP contribution in [0.4, 0.5) is 5.69 Å². The minimum absolute atomic E-state index is 0.617. The summed E-state index contributed by atoms with van der Waals surface area (Å²) in [5.41, 5.74) is 6.11. The monoisotopic (exact) mass is 488 g/mol. The number of anilines is 1. The predicted molar refractivity (Wildman–Crippen MR) is 148 cm³/mol. The molecule has 1 aromatic carbocycles. The van der Waals surface area contributed by atoms with E-state index in [0.29, 0.717) is 17.9 Å². The van der Waals surface area contributed by atoms with E-state index in [9.17, 15) is 0 Å². The number of fused-ring (bicyclic) bond motifs is 2. The van der Waals surface area contributed by atoms with Crippen LogP contribution in [0.3, 0.4) is 0 Å². The van der Waals surface area contributed by atoms with Crippen LogP contribution in [0.25, 0.3) is 0 Å². The Labute approximate surface area is 207 Å². The summed E-state index contributed by atoms with van der Waals surface area (Å²) >= 11 is 2.05. The molecular formula is C27H40N2S3. The molecule has 1 aromatic heterocycles. The molecule has 1 unspecified atom stereocenters. The summed E-state index contributed by atoms with van der Waals surface area (Å²) < 4.78 is 0. The van der Waals surface area contributed by atoms with Gasteiger partial charge >= 0.3 is 0 Å². The largest absolute Gasteiger partial charge is 0.361 e. The molecule has 1 atom stereocenters. The second kappa shape index (κ2) is 11.2. The van der Waals surface area contributed by atoms with Crippen LogP contribution < -0.4 is 4.90 Å².